The van der Waals surface area contributed by atoms with Crippen molar-refractivity contribution in [2.24, 2.45) is 0 Å². The summed E-state index contributed by atoms with van der Waals surface area (Å²) in [5.41, 5.74) is 1.72. The van der Waals surface area contributed by atoms with E-state index in [0.29, 0.717) is 17.4 Å². The number of hydrogen-bond acceptors (Lipinski definition) is 1. The van der Waals surface area contributed by atoms with Crippen LogP contribution in [0, 0.1) is 5.82 Å². The van der Waals surface area contributed by atoms with Crippen molar-refractivity contribution in [2.75, 3.05) is 0 Å². The predicted molar refractivity (Wildman–Crippen MR) is 76.9 cm³/mol. The minimum absolute atomic E-state index is 0.168. The van der Waals surface area contributed by atoms with Crippen molar-refractivity contribution in [3.05, 3.63) is 58.1 Å². The van der Waals surface area contributed by atoms with Gasteiger partial charge >= 0.3 is 0 Å². The van der Waals surface area contributed by atoms with Gasteiger partial charge in [-0.15, -0.1) is 0 Å². The first-order valence-electron chi connectivity index (χ1n) is 6.23. The summed E-state index contributed by atoms with van der Waals surface area (Å²) in [6.45, 7) is 2.61. The molecule has 0 aliphatic heterocycles. The molecule has 0 saturated carbocycles. The van der Waals surface area contributed by atoms with E-state index in [1.165, 1.54) is 6.07 Å². The third-order valence-corrected chi connectivity index (χ3v) is 3.51. The molecule has 0 atom stereocenters. The number of Topliss-reactive ketones (excluding diaryl/α,β-unsaturated/α-hetero) is 1. The molecule has 0 bridgehead atoms. The average molecular weight is 324 g/mol. The van der Waals surface area contributed by atoms with Gasteiger partial charge in [-0.25, -0.2) is 4.39 Å². The van der Waals surface area contributed by atoms with Crippen LogP contribution in [0.1, 0.15) is 35.7 Å². The van der Waals surface area contributed by atoms with Crippen molar-refractivity contribution >= 4 is 21.7 Å². The SMILES string of the molecule is CCCC(=O)c1ccn(Cc2ccc(F)c(Br)c2)c1. The van der Waals surface area contributed by atoms with Crippen molar-refractivity contribution in [2.45, 2.75) is 26.3 Å². The highest BCUT2D eigenvalue weighted by Gasteiger charge is 2.07. The van der Waals surface area contributed by atoms with Gasteiger partial charge in [0.2, 0.25) is 0 Å². The normalized spacial score (nSPS) is 10.7. The average Bonchev–Trinajstić information content (AvgIpc) is 2.83. The van der Waals surface area contributed by atoms with Gasteiger partial charge in [-0.2, -0.15) is 0 Å². The molecule has 0 saturated heterocycles. The van der Waals surface area contributed by atoms with E-state index in [1.54, 1.807) is 12.1 Å². The van der Waals surface area contributed by atoms with Crippen LogP contribution < -0.4 is 0 Å². The van der Waals surface area contributed by atoms with E-state index in [-0.39, 0.29) is 11.6 Å². The van der Waals surface area contributed by atoms with Crippen LogP contribution in [0.5, 0.6) is 0 Å². The predicted octanol–water partition coefficient (Wildman–Crippen LogP) is 4.42. The number of ketones is 1. The number of aromatic nitrogens is 1. The van der Waals surface area contributed by atoms with Crippen LogP contribution in [0.4, 0.5) is 4.39 Å². The summed E-state index contributed by atoms with van der Waals surface area (Å²) >= 11 is 3.17. The second kappa shape index (κ2) is 6.15. The maximum Gasteiger partial charge on any atom is 0.164 e. The number of carbonyl (C=O) groups is 1. The summed E-state index contributed by atoms with van der Waals surface area (Å²) in [6, 6.07) is 6.76. The topological polar surface area (TPSA) is 22.0 Å². The zero-order chi connectivity index (χ0) is 13.8. The summed E-state index contributed by atoms with van der Waals surface area (Å²) in [7, 11) is 0. The highest BCUT2D eigenvalue weighted by molar-refractivity contribution is 9.10. The Hall–Kier alpha value is -1.42. The molecule has 0 spiro atoms. The van der Waals surface area contributed by atoms with Gasteiger partial charge in [-0.1, -0.05) is 13.0 Å². The fourth-order valence-corrected chi connectivity index (χ4v) is 2.35. The molecule has 19 heavy (non-hydrogen) atoms. The summed E-state index contributed by atoms with van der Waals surface area (Å²) in [5, 5.41) is 0. The van der Waals surface area contributed by atoms with Gasteiger partial charge in [0.15, 0.2) is 5.78 Å². The zero-order valence-corrected chi connectivity index (χ0v) is 12.3. The first kappa shape index (κ1) is 14.0. The largest absolute Gasteiger partial charge is 0.349 e. The first-order valence-corrected chi connectivity index (χ1v) is 7.02. The summed E-state index contributed by atoms with van der Waals surface area (Å²) in [4.78, 5) is 11.7. The summed E-state index contributed by atoms with van der Waals surface area (Å²) < 4.78 is 15.5. The molecular weight excluding hydrogens is 309 g/mol. The third-order valence-electron chi connectivity index (χ3n) is 2.90. The van der Waals surface area contributed by atoms with Gasteiger partial charge in [-0.3, -0.25) is 4.79 Å². The van der Waals surface area contributed by atoms with Gasteiger partial charge in [0.25, 0.3) is 0 Å². The lowest BCUT2D eigenvalue weighted by Gasteiger charge is -2.04. The van der Waals surface area contributed by atoms with Crippen molar-refractivity contribution in [1.82, 2.24) is 4.57 Å². The van der Waals surface area contributed by atoms with E-state index >= 15 is 0 Å². The Morgan fingerprint density at radius 1 is 1.37 bits per heavy atom. The quantitative estimate of drug-likeness (QED) is 0.746. The molecule has 2 rings (SSSR count). The van der Waals surface area contributed by atoms with Crippen LogP contribution in [-0.4, -0.2) is 10.4 Å². The monoisotopic (exact) mass is 323 g/mol. The first-order chi connectivity index (χ1) is 9.10. The molecule has 0 aliphatic rings. The second-order valence-electron chi connectivity index (χ2n) is 4.49. The van der Waals surface area contributed by atoms with Gasteiger partial charge in [0, 0.05) is 30.9 Å². The Morgan fingerprint density at radius 3 is 2.84 bits per heavy atom. The van der Waals surface area contributed by atoms with Crippen molar-refractivity contribution in [1.29, 1.82) is 0 Å². The fraction of sp³-hybridized carbons (Fsp3) is 0.267. The van der Waals surface area contributed by atoms with Gasteiger partial charge in [-0.05, 0) is 46.1 Å². The smallest absolute Gasteiger partial charge is 0.164 e. The molecule has 0 fully saturated rings. The lowest BCUT2D eigenvalue weighted by Crippen LogP contribution is -1.99. The highest BCUT2D eigenvalue weighted by atomic mass is 79.9. The zero-order valence-electron chi connectivity index (χ0n) is 10.7. The Kier molecular flexibility index (Phi) is 4.53. The maximum absolute atomic E-state index is 13.1. The Morgan fingerprint density at radius 2 is 2.16 bits per heavy atom. The highest BCUT2D eigenvalue weighted by Crippen LogP contribution is 2.18. The van der Waals surface area contributed by atoms with E-state index in [1.807, 2.05) is 30.0 Å². The van der Waals surface area contributed by atoms with Crippen molar-refractivity contribution in [3.63, 3.8) is 0 Å². The number of benzene rings is 1. The van der Waals surface area contributed by atoms with Crippen LogP contribution in [0.25, 0.3) is 0 Å². The van der Waals surface area contributed by atoms with Crippen LogP contribution in [0.2, 0.25) is 0 Å². The molecular formula is C15H15BrFNO. The molecule has 0 amide bonds. The summed E-state index contributed by atoms with van der Waals surface area (Å²) in [5.74, 6) is -0.100. The minimum Gasteiger partial charge on any atom is -0.349 e. The number of nitrogens with zero attached hydrogens (tertiary/aromatic N) is 1. The molecule has 4 heteroatoms. The van der Waals surface area contributed by atoms with Gasteiger partial charge in [0.1, 0.15) is 5.82 Å². The molecule has 0 unspecified atom stereocenters. The molecule has 1 aromatic heterocycles. The lowest BCUT2D eigenvalue weighted by atomic mass is 10.1. The molecule has 2 nitrogen and oxygen atoms in total. The summed E-state index contributed by atoms with van der Waals surface area (Å²) in [6.07, 6.45) is 5.15. The van der Waals surface area contributed by atoms with E-state index in [4.69, 9.17) is 0 Å². The van der Waals surface area contributed by atoms with E-state index in [9.17, 15) is 9.18 Å². The van der Waals surface area contributed by atoms with Crippen LogP contribution >= 0.6 is 15.9 Å². The van der Waals surface area contributed by atoms with E-state index in [2.05, 4.69) is 15.9 Å². The minimum atomic E-state index is -0.268. The van der Waals surface area contributed by atoms with Crippen LogP contribution in [-0.2, 0) is 6.54 Å². The van der Waals surface area contributed by atoms with Crippen molar-refractivity contribution in [3.8, 4) is 0 Å². The van der Waals surface area contributed by atoms with E-state index < -0.39 is 0 Å². The maximum atomic E-state index is 13.1. The van der Waals surface area contributed by atoms with Gasteiger partial charge < -0.3 is 4.57 Å². The van der Waals surface area contributed by atoms with Crippen LogP contribution in [0.15, 0.2) is 41.1 Å². The van der Waals surface area contributed by atoms with Gasteiger partial charge in [0.05, 0.1) is 4.47 Å². The molecule has 0 aliphatic carbocycles. The standard InChI is InChI=1S/C15H15BrFNO/c1-2-3-15(19)12-6-7-18(10-12)9-11-4-5-14(17)13(16)8-11/h4-8,10H,2-3,9H2,1H3. The Balaban J connectivity index is 2.11. The molecule has 0 radical (unpaired) electrons. The Bertz CT molecular complexity index is 592. The third kappa shape index (κ3) is 3.53. The molecule has 2 aromatic rings. The lowest BCUT2D eigenvalue weighted by molar-refractivity contribution is 0.0981. The Labute approximate surface area is 120 Å². The number of rotatable bonds is 5. The molecule has 100 valence electrons. The number of halogens is 2. The molecule has 1 aromatic carbocycles. The molecule has 0 N–H and O–H groups in total. The second-order valence-corrected chi connectivity index (χ2v) is 5.35. The number of carbonyl (C=O) groups excluding carboxylic acids is 1. The van der Waals surface area contributed by atoms with Crippen molar-refractivity contribution < 1.29 is 9.18 Å². The molecule has 1 heterocycles. The fourth-order valence-electron chi connectivity index (χ4n) is 1.92. The van der Waals surface area contributed by atoms with E-state index in [0.717, 1.165) is 17.5 Å². The number of hydrogen-bond donors (Lipinski definition) is 0. The van der Waals surface area contributed by atoms with Crippen LogP contribution in [0.3, 0.4) is 0 Å².